The SMILES string of the molecule is Nc1ccc(Nc2c(F)cc(F)cc2F)nc1N. The molecule has 0 aliphatic heterocycles. The van der Waals surface area contributed by atoms with Crippen molar-refractivity contribution >= 4 is 23.0 Å². The van der Waals surface area contributed by atoms with Crippen LogP contribution in [0.5, 0.6) is 0 Å². The molecule has 0 aliphatic carbocycles. The Morgan fingerprint density at radius 1 is 1.00 bits per heavy atom. The number of benzene rings is 1. The van der Waals surface area contributed by atoms with Crippen molar-refractivity contribution in [3.05, 3.63) is 41.7 Å². The van der Waals surface area contributed by atoms with Crippen LogP contribution < -0.4 is 16.8 Å². The van der Waals surface area contributed by atoms with E-state index in [1.54, 1.807) is 0 Å². The van der Waals surface area contributed by atoms with Crippen LogP contribution in [0.3, 0.4) is 0 Å². The molecule has 0 saturated carbocycles. The van der Waals surface area contributed by atoms with Crippen LogP contribution in [0.25, 0.3) is 0 Å². The van der Waals surface area contributed by atoms with E-state index in [9.17, 15) is 13.2 Å². The highest BCUT2D eigenvalue weighted by Crippen LogP contribution is 2.24. The Balaban J connectivity index is 2.37. The maximum absolute atomic E-state index is 13.4. The minimum absolute atomic E-state index is 0.0305. The smallest absolute Gasteiger partial charge is 0.152 e. The van der Waals surface area contributed by atoms with Gasteiger partial charge in [-0.3, -0.25) is 0 Å². The third-order valence-electron chi connectivity index (χ3n) is 2.22. The molecule has 1 heterocycles. The molecule has 7 heteroatoms. The lowest BCUT2D eigenvalue weighted by atomic mass is 10.2. The van der Waals surface area contributed by atoms with E-state index >= 15 is 0 Å². The zero-order valence-corrected chi connectivity index (χ0v) is 9.05. The number of nitrogen functional groups attached to an aromatic ring is 2. The lowest BCUT2D eigenvalue weighted by Crippen LogP contribution is -2.03. The Kier molecular flexibility index (Phi) is 2.97. The fraction of sp³-hybridized carbons (Fsp3) is 0. The van der Waals surface area contributed by atoms with E-state index < -0.39 is 23.1 Å². The zero-order chi connectivity index (χ0) is 13.3. The Morgan fingerprint density at radius 3 is 2.17 bits per heavy atom. The van der Waals surface area contributed by atoms with Crippen molar-refractivity contribution in [2.24, 2.45) is 0 Å². The molecule has 1 aromatic carbocycles. The van der Waals surface area contributed by atoms with Crippen molar-refractivity contribution in [1.29, 1.82) is 0 Å². The number of anilines is 4. The molecule has 4 nitrogen and oxygen atoms in total. The lowest BCUT2D eigenvalue weighted by Gasteiger charge is -2.09. The number of nitrogens with one attached hydrogen (secondary N) is 1. The number of aromatic nitrogens is 1. The minimum Gasteiger partial charge on any atom is -0.396 e. The van der Waals surface area contributed by atoms with Crippen molar-refractivity contribution in [1.82, 2.24) is 4.98 Å². The Hall–Kier alpha value is -2.44. The van der Waals surface area contributed by atoms with Crippen LogP contribution in [0.1, 0.15) is 0 Å². The molecule has 0 bridgehead atoms. The number of rotatable bonds is 2. The summed E-state index contributed by atoms with van der Waals surface area (Å²) in [6, 6.07) is 3.95. The van der Waals surface area contributed by atoms with Crippen molar-refractivity contribution in [3.8, 4) is 0 Å². The monoisotopic (exact) mass is 254 g/mol. The van der Waals surface area contributed by atoms with Crippen molar-refractivity contribution in [2.75, 3.05) is 16.8 Å². The van der Waals surface area contributed by atoms with Gasteiger partial charge in [0.15, 0.2) is 11.6 Å². The average molecular weight is 254 g/mol. The summed E-state index contributed by atoms with van der Waals surface area (Å²) in [4.78, 5) is 3.79. The molecule has 0 fully saturated rings. The summed E-state index contributed by atoms with van der Waals surface area (Å²) in [5.74, 6) is -3.00. The Bertz CT molecular complexity index is 578. The highest BCUT2D eigenvalue weighted by Gasteiger charge is 2.12. The standard InChI is InChI=1S/C11H9F3N4/c12-5-3-6(13)10(7(14)4-5)17-9-2-1-8(15)11(16)18-9/h1-4H,15H2,(H3,16,17,18). The second kappa shape index (κ2) is 4.44. The molecule has 0 saturated heterocycles. The van der Waals surface area contributed by atoms with Gasteiger partial charge in [0.25, 0.3) is 0 Å². The first-order valence-electron chi connectivity index (χ1n) is 4.91. The third-order valence-corrected chi connectivity index (χ3v) is 2.22. The zero-order valence-electron chi connectivity index (χ0n) is 9.05. The van der Waals surface area contributed by atoms with E-state index in [0.717, 1.165) is 0 Å². The first-order valence-corrected chi connectivity index (χ1v) is 4.91. The van der Waals surface area contributed by atoms with Crippen LogP contribution in [-0.2, 0) is 0 Å². The van der Waals surface area contributed by atoms with Gasteiger partial charge in [-0.2, -0.15) is 0 Å². The summed E-state index contributed by atoms with van der Waals surface area (Å²) in [6.45, 7) is 0. The summed E-state index contributed by atoms with van der Waals surface area (Å²) >= 11 is 0. The van der Waals surface area contributed by atoms with Gasteiger partial charge in [0.1, 0.15) is 23.1 Å². The number of hydrogen-bond acceptors (Lipinski definition) is 4. The predicted molar refractivity (Wildman–Crippen MR) is 62.7 cm³/mol. The third kappa shape index (κ3) is 2.29. The summed E-state index contributed by atoms with van der Waals surface area (Å²) in [7, 11) is 0. The van der Waals surface area contributed by atoms with Crippen molar-refractivity contribution in [3.63, 3.8) is 0 Å². The van der Waals surface area contributed by atoms with Gasteiger partial charge < -0.3 is 16.8 Å². The topological polar surface area (TPSA) is 77.0 Å². The number of hydrogen-bond donors (Lipinski definition) is 3. The highest BCUT2D eigenvalue weighted by atomic mass is 19.1. The number of nitrogens with two attached hydrogens (primary N) is 2. The number of nitrogens with zero attached hydrogens (tertiary/aromatic N) is 1. The average Bonchev–Trinajstić information content (AvgIpc) is 2.28. The highest BCUT2D eigenvalue weighted by molar-refractivity contribution is 5.65. The van der Waals surface area contributed by atoms with E-state index in [0.29, 0.717) is 12.1 Å². The van der Waals surface area contributed by atoms with Crippen molar-refractivity contribution < 1.29 is 13.2 Å². The van der Waals surface area contributed by atoms with Gasteiger partial charge in [0, 0.05) is 12.1 Å². The number of pyridine rings is 1. The van der Waals surface area contributed by atoms with E-state index in [1.807, 2.05) is 0 Å². The van der Waals surface area contributed by atoms with E-state index in [2.05, 4.69) is 10.3 Å². The first kappa shape index (κ1) is 12.0. The van der Waals surface area contributed by atoms with E-state index in [4.69, 9.17) is 11.5 Å². The quantitative estimate of drug-likeness (QED) is 0.769. The minimum atomic E-state index is -1.07. The van der Waals surface area contributed by atoms with Crippen LogP contribution in [0.4, 0.5) is 36.2 Å². The van der Waals surface area contributed by atoms with Gasteiger partial charge in [-0.1, -0.05) is 0 Å². The Morgan fingerprint density at radius 2 is 1.61 bits per heavy atom. The van der Waals surface area contributed by atoms with Gasteiger partial charge in [0.2, 0.25) is 0 Å². The lowest BCUT2D eigenvalue weighted by molar-refractivity contribution is 0.549. The van der Waals surface area contributed by atoms with Crippen LogP contribution in [0.2, 0.25) is 0 Å². The van der Waals surface area contributed by atoms with Crippen LogP contribution >= 0.6 is 0 Å². The fourth-order valence-electron chi connectivity index (χ4n) is 1.34. The normalized spacial score (nSPS) is 10.4. The van der Waals surface area contributed by atoms with Crippen LogP contribution in [0.15, 0.2) is 24.3 Å². The van der Waals surface area contributed by atoms with Gasteiger partial charge in [0.05, 0.1) is 5.69 Å². The first-order chi connectivity index (χ1) is 8.47. The molecule has 1 aromatic heterocycles. The fourth-order valence-corrected chi connectivity index (χ4v) is 1.34. The largest absolute Gasteiger partial charge is 0.396 e. The molecule has 0 radical (unpaired) electrons. The summed E-state index contributed by atoms with van der Waals surface area (Å²) in [6.07, 6.45) is 0. The van der Waals surface area contributed by atoms with Crippen LogP contribution in [0, 0.1) is 17.5 Å². The molecule has 2 rings (SSSR count). The molecule has 5 N–H and O–H groups in total. The van der Waals surface area contributed by atoms with E-state index in [-0.39, 0.29) is 17.3 Å². The van der Waals surface area contributed by atoms with Crippen LogP contribution in [-0.4, -0.2) is 4.98 Å². The molecule has 18 heavy (non-hydrogen) atoms. The molecular formula is C11H9F3N4. The van der Waals surface area contributed by atoms with Crippen molar-refractivity contribution in [2.45, 2.75) is 0 Å². The second-order valence-electron chi connectivity index (χ2n) is 3.54. The van der Waals surface area contributed by atoms with E-state index in [1.165, 1.54) is 12.1 Å². The molecule has 0 atom stereocenters. The second-order valence-corrected chi connectivity index (χ2v) is 3.54. The molecule has 94 valence electrons. The van der Waals surface area contributed by atoms with Gasteiger partial charge in [-0.05, 0) is 12.1 Å². The van der Waals surface area contributed by atoms with Gasteiger partial charge >= 0.3 is 0 Å². The molecule has 0 aliphatic rings. The summed E-state index contributed by atoms with van der Waals surface area (Å²) < 4.78 is 39.4. The maximum Gasteiger partial charge on any atom is 0.152 e. The Labute approximate surface area is 100 Å². The van der Waals surface area contributed by atoms with Gasteiger partial charge in [-0.15, -0.1) is 0 Å². The molecular weight excluding hydrogens is 245 g/mol. The van der Waals surface area contributed by atoms with Gasteiger partial charge in [-0.25, -0.2) is 18.2 Å². The number of halogens is 3. The maximum atomic E-state index is 13.4. The summed E-state index contributed by atoms with van der Waals surface area (Å²) in [5, 5.41) is 2.37. The summed E-state index contributed by atoms with van der Waals surface area (Å²) in [5.41, 5.74) is 10.6. The molecule has 0 amide bonds. The molecule has 2 aromatic rings. The molecule has 0 spiro atoms. The molecule has 0 unspecified atom stereocenters. The predicted octanol–water partition coefficient (Wildman–Crippen LogP) is 2.41.